The molecule has 1 heterocycles. The predicted octanol–water partition coefficient (Wildman–Crippen LogP) is 5.46. The fourth-order valence-corrected chi connectivity index (χ4v) is 5.81. The Hall–Kier alpha value is -3.87. The fourth-order valence-electron chi connectivity index (χ4n) is 5.81. The van der Waals surface area contributed by atoms with Crippen LogP contribution < -0.4 is 15.0 Å². The van der Waals surface area contributed by atoms with E-state index in [9.17, 15) is 14.4 Å². The van der Waals surface area contributed by atoms with Crippen molar-refractivity contribution < 1.29 is 19.1 Å². The lowest BCUT2D eigenvalue weighted by Crippen LogP contribution is -2.50. The van der Waals surface area contributed by atoms with Crippen molar-refractivity contribution >= 4 is 34.2 Å². The van der Waals surface area contributed by atoms with Crippen LogP contribution in [-0.2, 0) is 16.1 Å². The standard InChI is InChI=1S/C32H37N3O4/c1-22(31(37)33-25-11-4-3-5-12-25)35(21-23-16-18-26(39-2)19-17-23)29(36)15-8-20-34-28-14-7-10-24-9-6-13-27(30(24)28)32(34)38/h6-7,9-10,13-14,16-19,22,25H,3-5,8,11-12,15,20-21H2,1-2H3,(H,33,37)/t22-/m0/s1. The topological polar surface area (TPSA) is 79.0 Å². The van der Waals surface area contributed by atoms with E-state index in [4.69, 9.17) is 4.74 Å². The van der Waals surface area contributed by atoms with Crippen LogP contribution in [-0.4, -0.2) is 48.4 Å². The molecule has 0 radical (unpaired) electrons. The number of ether oxygens (including phenoxy) is 1. The van der Waals surface area contributed by atoms with Gasteiger partial charge in [0.25, 0.3) is 5.91 Å². The zero-order chi connectivity index (χ0) is 27.4. The smallest absolute Gasteiger partial charge is 0.258 e. The van der Waals surface area contributed by atoms with Gasteiger partial charge in [-0.3, -0.25) is 14.4 Å². The third kappa shape index (κ3) is 5.77. The number of hydrogen-bond donors (Lipinski definition) is 1. The van der Waals surface area contributed by atoms with E-state index in [1.807, 2.05) is 60.7 Å². The molecular formula is C32H37N3O4. The van der Waals surface area contributed by atoms with Gasteiger partial charge in [0.2, 0.25) is 11.8 Å². The highest BCUT2D eigenvalue weighted by Crippen LogP contribution is 2.37. The van der Waals surface area contributed by atoms with Crippen LogP contribution in [0.5, 0.6) is 5.75 Å². The molecule has 1 aliphatic carbocycles. The summed E-state index contributed by atoms with van der Waals surface area (Å²) in [7, 11) is 1.62. The number of methoxy groups -OCH3 is 1. The van der Waals surface area contributed by atoms with Gasteiger partial charge < -0.3 is 19.9 Å². The molecule has 1 fully saturated rings. The van der Waals surface area contributed by atoms with E-state index in [-0.39, 0.29) is 30.2 Å². The van der Waals surface area contributed by atoms with Gasteiger partial charge in [0.15, 0.2) is 0 Å². The van der Waals surface area contributed by atoms with Gasteiger partial charge in [-0.15, -0.1) is 0 Å². The molecule has 204 valence electrons. The highest BCUT2D eigenvalue weighted by Gasteiger charge is 2.31. The van der Waals surface area contributed by atoms with Crippen LogP contribution in [0.4, 0.5) is 5.69 Å². The molecule has 0 saturated heterocycles. The molecule has 2 aliphatic rings. The number of nitrogens with zero attached hydrogens (tertiary/aromatic N) is 2. The Balaban J connectivity index is 1.27. The highest BCUT2D eigenvalue weighted by molar-refractivity contribution is 6.25. The number of anilines is 1. The minimum Gasteiger partial charge on any atom is -0.497 e. The third-order valence-electron chi connectivity index (χ3n) is 8.05. The van der Waals surface area contributed by atoms with Gasteiger partial charge in [0.1, 0.15) is 11.8 Å². The van der Waals surface area contributed by atoms with Gasteiger partial charge in [0, 0.05) is 36.5 Å². The summed E-state index contributed by atoms with van der Waals surface area (Å²) < 4.78 is 5.27. The van der Waals surface area contributed by atoms with Gasteiger partial charge in [0.05, 0.1) is 12.8 Å². The third-order valence-corrected chi connectivity index (χ3v) is 8.05. The molecule has 5 rings (SSSR count). The Morgan fingerprint density at radius 2 is 1.74 bits per heavy atom. The maximum Gasteiger partial charge on any atom is 0.258 e. The summed E-state index contributed by atoms with van der Waals surface area (Å²) in [5, 5.41) is 5.20. The number of hydrogen-bond acceptors (Lipinski definition) is 4. The Kier molecular flexibility index (Phi) is 8.15. The molecule has 0 aromatic heterocycles. The first-order valence-electron chi connectivity index (χ1n) is 14.0. The lowest BCUT2D eigenvalue weighted by molar-refractivity contribution is -0.141. The first-order valence-corrected chi connectivity index (χ1v) is 14.0. The van der Waals surface area contributed by atoms with E-state index in [0.29, 0.717) is 25.1 Å². The molecule has 0 spiro atoms. The minimum absolute atomic E-state index is 0.0236. The summed E-state index contributed by atoms with van der Waals surface area (Å²) in [4.78, 5) is 43.4. The molecule has 3 amide bonds. The summed E-state index contributed by atoms with van der Waals surface area (Å²) in [6, 6.07) is 18.9. The van der Waals surface area contributed by atoms with Crippen molar-refractivity contribution in [1.82, 2.24) is 10.2 Å². The highest BCUT2D eigenvalue weighted by atomic mass is 16.5. The second-order valence-corrected chi connectivity index (χ2v) is 10.6. The van der Waals surface area contributed by atoms with Crippen molar-refractivity contribution in [2.45, 2.75) is 70.5 Å². The second-order valence-electron chi connectivity index (χ2n) is 10.6. The number of amides is 3. The van der Waals surface area contributed by atoms with Gasteiger partial charge in [-0.25, -0.2) is 0 Å². The van der Waals surface area contributed by atoms with Crippen LogP contribution >= 0.6 is 0 Å². The molecular weight excluding hydrogens is 490 g/mol. The Morgan fingerprint density at radius 3 is 2.46 bits per heavy atom. The normalized spacial score (nSPS) is 15.8. The second kappa shape index (κ2) is 11.9. The number of benzene rings is 3. The summed E-state index contributed by atoms with van der Waals surface area (Å²) >= 11 is 0. The Labute approximate surface area is 230 Å². The molecule has 0 bridgehead atoms. The largest absolute Gasteiger partial charge is 0.497 e. The quantitative estimate of drug-likeness (QED) is 0.380. The molecule has 3 aromatic rings. The van der Waals surface area contributed by atoms with Crippen molar-refractivity contribution in [1.29, 1.82) is 0 Å². The Bertz CT molecular complexity index is 1340. The maximum atomic E-state index is 13.6. The van der Waals surface area contributed by atoms with Crippen LogP contribution in [0.15, 0.2) is 60.7 Å². The van der Waals surface area contributed by atoms with Gasteiger partial charge in [-0.1, -0.05) is 55.7 Å². The van der Waals surface area contributed by atoms with E-state index in [1.165, 1.54) is 6.42 Å². The minimum atomic E-state index is -0.604. The van der Waals surface area contributed by atoms with Crippen molar-refractivity contribution in [3.8, 4) is 5.75 Å². The van der Waals surface area contributed by atoms with Crippen LogP contribution in [0, 0.1) is 0 Å². The van der Waals surface area contributed by atoms with E-state index in [2.05, 4.69) is 5.32 Å². The first-order chi connectivity index (χ1) is 19.0. The lowest BCUT2D eigenvalue weighted by atomic mass is 9.95. The van der Waals surface area contributed by atoms with Gasteiger partial charge in [-0.05, 0) is 61.4 Å². The monoisotopic (exact) mass is 527 g/mol. The summed E-state index contributed by atoms with van der Waals surface area (Å²) in [6.45, 7) is 2.58. The van der Waals surface area contributed by atoms with Crippen molar-refractivity contribution in [2.24, 2.45) is 0 Å². The number of carbonyl (C=O) groups is 3. The summed E-state index contributed by atoms with van der Waals surface area (Å²) in [5.41, 5.74) is 2.54. The van der Waals surface area contributed by atoms with E-state index >= 15 is 0 Å². The van der Waals surface area contributed by atoms with Crippen molar-refractivity contribution in [3.63, 3.8) is 0 Å². The zero-order valence-electron chi connectivity index (χ0n) is 22.8. The average molecular weight is 528 g/mol. The fraction of sp³-hybridized carbons (Fsp3) is 0.406. The lowest BCUT2D eigenvalue weighted by Gasteiger charge is -2.31. The summed E-state index contributed by atoms with van der Waals surface area (Å²) in [5.74, 6) is 0.510. The number of carbonyl (C=O) groups excluding carboxylic acids is 3. The van der Waals surface area contributed by atoms with Gasteiger partial charge >= 0.3 is 0 Å². The molecule has 7 nitrogen and oxygen atoms in total. The van der Waals surface area contributed by atoms with Crippen LogP contribution in [0.25, 0.3) is 10.8 Å². The Morgan fingerprint density at radius 1 is 1.03 bits per heavy atom. The predicted molar refractivity (Wildman–Crippen MR) is 153 cm³/mol. The number of nitrogens with one attached hydrogen (secondary N) is 1. The van der Waals surface area contributed by atoms with Crippen molar-refractivity contribution in [3.05, 3.63) is 71.8 Å². The SMILES string of the molecule is COc1ccc(CN(C(=O)CCCN2C(=O)c3cccc4cccc2c34)[C@@H](C)C(=O)NC2CCCCC2)cc1. The van der Waals surface area contributed by atoms with Crippen LogP contribution in [0.3, 0.4) is 0 Å². The number of rotatable bonds is 10. The zero-order valence-corrected chi connectivity index (χ0v) is 22.8. The van der Waals surface area contributed by atoms with Crippen molar-refractivity contribution in [2.75, 3.05) is 18.6 Å². The van der Waals surface area contributed by atoms with E-state index in [1.54, 1.807) is 23.8 Å². The molecule has 0 unspecified atom stereocenters. The molecule has 7 heteroatoms. The molecule has 1 saturated carbocycles. The van der Waals surface area contributed by atoms with Gasteiger partial charge in [-0.2, -0.15) is 0 Å². The van der Waals surface area contributed by atoms with Crippen LogP contribution in [0.2, 0.25) is 0 Å². The molecule has 1 aliphatic heterocycles. The van der Waals surface area contributed by atoms with E-state index in [0.717, 1.165) is 53.5 Å². The molecule has 1 N–H and O–H groups in total. The maximum absolute atomic E-state index is 13.6. The summed E-state index contributed by atoms with van der Waals surface area (Å²) in [6.07, 6.45) is 6.19. The molecule has 39 heavy (non-hydrogen) atoms. The molecule has 1 atom stereocenters. The average Bonchev–Trinajstić information content (AvgIpc) is 3.24. The first kappa shape index (κ1) is 26.7. The molecule has 3 aromatic carbocycles. The van der Waals surface area contributed by atoms with Crippen LogP contribution in [0.1, 0.15) is 67.8 Å². The van der Waals surface area contributed by atoms with E-state index < -0.39 is 6.04 Å².